The third-order valence-electron chi connectivity index (χ3n) is 7.23. The first kappa shape index (κ1) is 22.1. The van der Waals surface area contributed by atoms with Crippen LogP contribution in [0.1, 0.15) is 52.6 Å². The minimum absolute atomic E-state index is 0.112. The van der Waals surface area contributed by atoms with Gasteiger partial charge in [0.05, 0.1) is 6.20 Å². The minimum Gasteiger partial charge on any atom is -0.478 e. The lowest BCUT2D eigenvalue weighted by atomic mass is 9.83. The summed E-state index contributed by atoms with van der Waals surface area (Å²) in [4.78, 5) is 19.3. The molecule has 6 rings (SSSR count). The number of aromatic amines is 1. The molecule has 1 fully saturated rings. The first-order chi connectivity index (χ1) is 17.7. The lowest BCUT2D eigenvalue weighted by molar-refractivity contribution is 0.0694. The largest absolute Gasteiger partial charge is 0.478 e. The van der Waals surface area contributed by atoms with Crippen LogP contribution in [0.15, 0.2) is 97.3 Å². The molecule has 2 unspecified atom stereocenters. The Labute approximate surface area is 209 Å². The molecule has 0 saturated heterocycles. The van der Waals surface area contributed by atoms with Crippen LogP contribution in [0, 0.1) is 0 Å². The predicted molar refractivity (Wildman–Crippen MR) is 141 cm³/mol. The molecule has 5 heteroatoms. The van der Waals surface area contributed by atoms with E-state index in [1.165, 1.54) is 30.4 Å². The maximum atomic E-state index is 11.9. The molecule has 5 nitrogen and oxygen atoms in total. The summed E-state index contributed by atoms with van der Waals surface area (Å²) in [5.74, 6) is 0.824. The lowest BCUT2D eigenvalue weighted by Crippen LogP contribution is -2.04. The van der Waals surface area contributed by atoms with Crippen molar-refractivity contribution >= 4 is 17.0 Å². The zero-order valence-corrected chi connectivity index (χ0v) is 19.7. The molecule has 2 N–H and O–H groups in total. The van der Waals surface area contributed by atoms with E-state index in [4.69, 9.17) is 4.74 Å². The highest BCUT2D eigenvalue weighted by molar-refractivity contribution is 5.92. The van der Waals surface area contributed by atoms with Gasteiger partial charge in [0.2, 0.25) is 0 Å². The molecule has 0 bridgehead atoms. The quantitative estimate of drug-likeness (QED) is 0.264. The molecule has 0 radical (unpaired) electrons. The van der Waals surface area contributed by atoms with Crippen LogP contribution in [0.25, 0.3) is 22.2 Å². The van der Waals surface area contributed by atoms with E-state index in [1.807, 2.05) is 24.4 Å². The average Bonchev–Trinajstić information content (AvgIpc) is 3.59. The van der Waals surface area contributed by atoms with E-state index in [9.17, 15) is 9.90 Å². The van der Waals surface area contributed by atoms with Crippen molar-refractivity contribution in [3.05, 3.63) is 114 Å². The van der Waals surface area contributed by atoms with Crippen LogP contribution in [-0.2, 0) is 0 Å². The zero-order valence-electron chi connectivity index (χ0n) is 19.7. The summed E-state index contributed by atoms with van der Waals surface area (Å²) in [5.41, 5.74) is 5.57. The van der Waals surface area contributed by atoms with Crippen LogP contribution in [0.2, 0.25) is 0 Å². The Balaban J connectivity index is 1.28. The number of pyridine rings is 1. The number of aromatic carboxylic acids is 1. The molecule has 2 atom stereocenters. The minimum atomic E-state index is -1.03. The number of carboxylic acids is 1. The molecular weight excluding hydrogens is 448 g/mol. The van der Waals surface area contributed by atoms with Crippen molar-refractivity contribution in [1.82, 2.24) is 9.97 Å². The number of carboxylic acid groups (broad SMARTS) is 1. The Hall–Kier alpha value is -4.38. The molecule has 2 aromatic heterocycles. The number of hydrogen-bond donors (Lipinski definition) is 2. The van der Waals surface area contributed by atoms with Crippen LogP contribution >= 0.6 is 0 Å². The highest BCUT2D eigenvalue weighted by Gasteiger charge is 2.29. The second-order valence-corrected chi connectivity index (χ2v) is 9.38. The van der Waals surface area contributed by atoms with E-state index in [-0.39, 0.29) is 5.56 Å². The van der Waals surface area contributed by atoms with Gasteiger partial charge in [0.15, 0.2) is 0 Å². The van der Waals surface area contributed by atoms with Crippen LogP contribution in [0.5, 0.6) is 11.5 Å². The molecule has 178 valence electrons. The smallest absolute Gasteiger partial charge is 0.339 e. The van der Waals surface area contributed by atoms with Crippen molar-refractivity contribution in [1.29, 1.82) is 0 Å². The summed E-state index contributed by atoms with van der Waals surface area (Å²) in [5, 5.41) is 10.6. The van der Waals surface area contributed by atoms with E-state index < -0.39 is 5.97 Å². The first-order valence-corrected chi connectivity index (χ1v) is 12.3. The van der Waals surface area contributed by atoms with Crippen molar-refractivity contribution in [2.45, 2.75) is 31.1 Å². The van der Waals surface area contributed by atoms with Gasteiger partial charge in [0.25, 0.3) is 0 Å². The van der Waals surface area contributed by atoms with Gasteiger partial charge in [0.1, 0.15) is 22.7 Å². The summed E-state index contributed by atoms with van der Waals surface area (Å²) in [7, 11) is 0. The van der Waals surface area contributed by atoms with Crippen molar-refractivity contribution in [2.75, 3.05) is 0 Å². The number of fused-ring (bicyclic) bond motifs is 1. The summed E-state index contributed by atoms with van der Waals surface area (Å²) < 4.78 is 6.02. The maximum Gasteiger partial charge on any atom is 0.339 e. The second kappa shape index (κ2) is 9.34. The van der Waals surface area contributed by atoms with Crippen molar-refractivity contribution in [3.8, 4) is 22.6 Å². The van der Waals surface area contributed by atoms with E-state index >= 15 is 0 Å². The van der Waals surface area contributed by atoms with Crippen molar-refractivity contribution in [2.24, 2.45) is 0 Å². The van der Waals surface area contributed by atoms with Crippen LogP contribution in [0.4, 0.5) is 0 Å². The monoisotopic (exact) mass is 474 g/mol. The Bertz CT molecular complexity index is 1520. The fraction of sp³-hybridized carbons (Fsp3) is 0.161. The highest BCUT2D eigenvalue weighted by atomic mass is 16.5. The zero-order chi connectivity index (χ0) is 24.5. The Morgan fingerprint density at radius 2 is 1.58 bits per heavy atom. The SMILES string of the molecule is O=C(O)c1ccc(-c2ccc(C3CCCC3c3ccccc3)cc2)cc1Oc1cnc2[nH]ccc2c1. The second-order valence-electron chi connectivity index (χ2n) is 9.38. The van der Waals surface area contributed by atoms with E-state index in [0.717, 1.165) is 22.2 Å². The number of ether oxygens (including phenoxy) is 1. The van der Waals surface area contributed by atoms with Gasteiger partial charge in [-0.15, -0.1) is 0 Å². The first-order valence-electron chi connectivity index (χ1n) is 12.3. The van der Waals surface area contributed by atoms with Crippen LogP contribution < -0.4 is 4.74 Å². The molecule has 5 aromatic rings. The normalized spacial score (nSPS) is 17.3. The Morgan fingerprint density at radius 1 is 0.861 bits per heavy atom. The van der Waals surface area contributed by atoms with Gasteiger partial charge in [-0.2, -0.15) is 0 Å². The average molecular weight is 475 g/mol. The molecule has 0 amide bonds. The summed E-state index contributed by atoms with van der Waals surface area (Å²) in [6.45, 7) is 0. The number of H-pyrrole nitrogens is 1. The Morgan fingerprint density at radius 3 is 2.33 bits per heavy atom. The summed E-state index contributed by atoms with van der Waals surface area (Å²) in [6, 6.07) is 28.5. The van der Waals surface area contributed by atoms with Gasteiger partial charge in [-0.3, -0.25) is 0 Å². The fourth-order valence-corrected chi connectivity index (χ4v) is 5.45. The number of carbonyl (C=O) groups is 1. The molecule has 1 aliphatic carbocycles. The summed E-state index contributed by atoms with van der Waals surface area (Å²) in [6.07, 6.45) is 7.06. The maximum absolute atomic E-state index is 11.9. The van der Waals surface area contributed by atoms with Gasteiger partial charge in [0, 0.05) is 11.6 Å². The topological polar surface area (TPSA) is 75.2 Å². The molecule has 0 aliphatic heterocycles. The van der Waals surface area contributed by atoms with Gasteiger partial charge in [-0.25, -0.2) is 9.78 Å². The molecular formula is C31H26N2O3. The van der Waals surface area contributed by atoms with Crippen molar-refractivity contribution < 1.29 is 14.6 Å². The number of aromatic nitrogens is 2. The van der Waals surface area contributed by atoms with Crippen LogP contribution in [0.3, 0.4) is 0 Å². The number of benzene rings is 3. The van der Waals surface area contributed by atoms with Crippen LogP contribution in [-0.4, -0.2) is 21.0 Å². The number of hydrogen-bond acceptors (Lipinski definition) is 3. The number of nitrogens with one attached hydrogen (secondary N) is 1. The molecule has 3 aromatic carbocycles. The lowest BCUT2D eigenvalue weighted by Gasteiger charge is -2.21. The van der Waals surface area contributed by atoms with E-state index in [0.29, 0.717) is 23.3 Å². The van der Waals surface area contributed by atoms with Gasteiger partial charge >= 0.3 is 5.97 Å². The number of rotatable bonds is 6. The van der Waals surface area contributed by atoms with Gasteiger partial charge in [-0.1, -0.05) is 67.1 Å². The van der Waals surface area contributed by atoms with E-state index in [1.54, 1.807) is 18.3 Å². The number of nitrogens with zero attached hydrogens (tertiary/aromatic N) is 1. The Kier molecular flexibility index (Phi) is 5.74. The highest BCUT2D eigenvalue weighted by Crippen LogP contribution is 2.46. The van der Waals surface area contributed by atoms with E-state index in [2.05, 4.69) is 64.6 Å². The van der Waals surface area contributed by atoms with Gasteiger partial charge < -0.3 is 14.8 Å². The molecule has 1 aliphatic rings. The molecule has 36 heavy (non-hydrogen) atoms. The molecule has 2 heterocycles. The van der Waals surface area contributed by atoms with Crippen molar-refractivity contribution in [3.63, 3.8) is 0 Å². The fourth-order valence-electron chi connectivity index (χ4n) is 5.45. The third kappa shape index (κ3) is 4.24. The third-order valence-corrected chi connectivity index (χ3v) is 7.23. The standard InChI is InChI=1S/C31H26N2O3/c34-31(35)28-14-13-23(18-29(28)36-25-17-24-15-16-32-30(24)33-19-25)20-9-11-22(12-10-20)27-8-4-7-26(27)21-5-2-1-3-6-21/h1-3,5-6,9-19,26-27H,4,7-8H2,(H,32,33)(H,34,35). The summed E-state index contributed by atoms with van der Waals surface area (Å²) >= 11 is 0. The molecule has 0 spiro atoms. The van der Waals surface area contributed by atoms with Gasteiger partial charge in [-0.05, 0) is 71.2 Å². The molecule has 1 saturated carbocycles. The predicted octanol–water partition coefficient (Wildman–Crippen LogP) is 7.77.